The number of amides is 1. The van der Waals surface area contributed by atoms with Gasteiger partial charge in [0, 0.05) is 24.8 Å². The molecule has 0 atom stereocenters. The van der Waals surface area contributed by atoms with Gasteiger partial charge in [-0.1, -0.05) is 20.8 Å². The fraction of sp³-hybridized carbons (Fsp3) is 0.667. The van der Waals surface area contributed by atoms with E-state index in [-0.39, 0.29) is 37.3 Å². The Morgan fingerprint density at radius 2 is 1.87 bits per heavy atom. The van der Waals surface area contributed by atoms with Crippen molar-refractivity contribution in [2.24, 2.45) is 5.41 Å². The van der Waals surface area contributed by atoms with Gasteiger partial charge in [-0.2, -0.15) is 13.2 Å². The predicted molar refractivity (Wildman–Crippen MR) is 77.9 cm³/mol. The first kappa shape index (κ1) is 17.7. The number of carbonyl (C=O) groups is 1. The third-order valence-corrected chi connectivity index (χ3v) is 3.89. The Morgan fingerprint density at radius 3 is 2.39 bits per heavy atom. The molecule has 23 heavy (non-hydrogen) atoms. The molecule has 1 N–H and O–H groups in total. The van der Waals surface area contributed by atoms with E-state index in [4.69, 9.17) is 4.74 Å². The molecule has 0 aliphatic carbocycles. The van der Waals surface area contributed by atoms with Crippen molar-refractivity contribution in [2.45, 2.75) is 45.2 Å². The lowest BCUT2D eigenvalue weighted by molar-refractivity contribution is -0.237. The lowest BCUT2D eigenvalue weighted by Crippen LogP contribution is -2.51. The fourth-order valence-corrected chi connectivity index (χ4v) is 2.38. The third-order valence-electron chi connectivity index (χ3n) is 3.89. The standard InChI is InChI=1S/C15H20F3N3O2/c1-13(2,3)11-19-7-4-10(20-11)21-12(22)14(15(16,17)18)5-8-23-9-6-14/h4,7H,5-6,8-9H2,1-3H3,(H,19,20,21,22). The van der Waals surface area contributed by atoms with Crippen molar-refractivity contribution in [2.75, 3.05) is 18.5 Å². The molecule has 1 fully saturated rings. The van der Waals surface area contributed by atoms with Gasteiger partial charge in [0.1, 0.15) is 17.1 Å². The Morgan fingerprint density at radius 1 is 1.26 bits per heavy atom. The van der Waals surface area contributed by atoms with E-state index >= 15 is 0 Å². The lowest BCUT2D eigenvalue weighted by atomic mass is 9.78. The smallest absolute Gasteiger partial charge is 0.381 e. The van der Waals surface area contributed by atoms with Crippen LogP contribution in [0.4, 0.5) is 19.0 Å². The summed E-state index contributed by atoms with van der Waals surface area (Å²) in [5, 5.41) is 2.31. The van der Waals surface area contributed by atoms with E-state index in [2.05, 4.69) is 15.3 Å². The number of hydrogen-bond acceptors (Lipinski definition) is 4. The molecule has 2 heterocycles. The van der Waals surface area contributed by atoms with Crippen molar-refractivity contribution >= 4 is 11.7 Å². The van der Waals surface area contributed by atoms with Crippen LogP contribution >= 0.6 is 0 Å². The maximum Gasteiger partial charge on any atom is 0.403 e. The van der Waals surface area contributed by atoms with Gasteiger partial charge in [0.25, 0.3) is 0 Å². The minimum Gasteiger partial charge on any atom is -0.381 e. The molecule has 1 amide bonds. The maximum absolute atomic E-state index is 13.5. The first-order valence-electron chi connectivity index (χ1n) is 7.36. The number of aromatic nitrogens is 2. The van der Waals surface area contributed by atoms with Crippen LogP contribution in [0.5, 0.6) is 0 Å². The number of nitrogens with one attached hydrogen (secondary N) is 1. The highest BCUT2D eigenvalue weighted by Crippen LogP contribution is 2.46. The fourth-order valence-electron chi connectivity index (χ4n) is 2.38. The van der Waals surface area contributed by atoms with E-state index in [1.165, 1.54) is 12.3 Å². The molecule has 1 aliphatic rings. The Hall–Kier alpha value is -1.70. The van der Waals surface area contributed by atoms with Gasteiger partial charge in [0.15, 0.2) is 0 Å². The number of hydrogen-bond donors (Lipinski definition) is 1. The number of nitrogens with zero attached hydrogens (tertiary/aromatic N) is 2. The Labute approximate surface area is 132 Å². The molecule has 0 saturated carbocycles. The minimum atomic E-state index is -4.64. The van der Waals surface area contributed by atoms with Crippen molar-refractivity contribution in [1.82, 2.24) is 9.97 Å². The molecule has 5 nitrogen and oxygen atoms in total. The molecule has 8 heteroatoms. The zero-order valence-corrected chi connectivity index (χ0v) is 13.3. The lowest BCUT2D eigenvalue weighted by Gasteiger charge is -2.37. The summed E-state index contributed by atoms with van der Waals surface area (Å²) in [6.07, 6.45) is -3.99. The average Bonchev–Trinajstić information content (AvgIpc) is 2.46. The van der Waals surface area contributed by atoms with Gasteiger partial charge >= 0.3 is 6.18 Å². The van der Waals surface area contributed by atoms with E-state index in [0.717, 1.165) is 0 Å². The molecule has 128 valence electrons. The van der Waals surface area contributed by atoms with Gasteiger partial charge in [0.05, 0.1) is 0 Å². The van der Waals surface area contributed by atoms with E-state index in [0.29, 0.717) is 5.82 Å². The predicted octanol–water partition coefficient (Wildman–Crippen LogP) is 3.07. The summed E-state index contributed by atoms with van der Waals surface area (Å²) < 4.78 is 45.4. The molecule has 0 unspecified atom stereocenters. The van der Waals surface area contributed by atoms with Gasteiger partial charge in [0.2, 0.25) is 5.91 Å². The molecule has 0 aromatic carbocycles. The van der Waals surface area contributed by atoms with Crippen molar-refractivity contribution in [1.29, 1.82) is 0 Å². The average molecular weight is 331 g/mol. The molecule has 0 radical (unpaired) electrons. The Bertz CT molecular complexity index is 576. The van der Waals surface area contributed by atoms with Gasteiger partial charge in [-0.05, 0) is 18.9 Å². The molecule has 0 bridgehead atoms. The van der Waals surface area contributed by atoms with Crippen molar-refractivity contribution < 1.29 is 22.7 Å². The molecule has 2 rings (SSSR count). The maximum atomic E-state index is 13.5. The highest BCUT2D eigenvalue weighted by atomic mass is 19.4. The number of halogens is 3. The van der Waals surface area contributed by atoms with E-state index in [1.807, 2.05) is 20.8 Å². The molecule has 1 aliphatic heterocycles. The van der Waals surface area contributed by atoms with Crippen LogP contribution in [0.25, 0.3) is 0 Å². The van der Waals surface area contributed by atoms with Crippen molar-refractivity contribution in [3.8, 4) is 0 Å². The number of rotatable bonds is 2. The zero-order valence-electron chi connectivity index (χ0n) is 13.3. The molecular weight excluding hydrogens is 311 g/mol. The van der Waals surface area contributed by atoms with Crippen LogP contribution in [0, 0.1) is 5.41 Å². The minimum absolute atomic E-state index is 0.0741. The topological polar surface area (TPSA) is 64.1 Å². The summed E-state index contributed by atoms with van der Waals surface area (Å²) in [5.74, 6) is -0.569. The monoisotopic (exact) mass is 331 g/mol. The van der Waals surface area contributed by atoms with Crippen LogP contribution in [0.2, 0.25) is 0 Å². The Kier molecular flexibility index (Phi) is 4.66. The van der Waals surface area contributed by atoms with Crippen molar-refractivity contribution in [3.63, 3.8) is 0 Å². The summed E-state index contributed by atoms with van der Waals surface area (Å²) in [4.78, 5) is 20.6. The first-order chi connectivity index (χ1) is 10.6. The summed E-state index contributed by atoms with van der Waals surface area (Å²) in [6.45, 7) is 5.45. The van der Waals surface area contributed by atoms with E-state index < -0.39 is 17.5 Å². The summed E-state index contributed by atoms with van der Waals surface area (Å²) in [6, 6.07) is 1.39. The molecule has 1 aromatic rings. The number of ether oxygens (including phenoxy) is 1. The summed E-state index contributed by atoms with van der Waals surface area (Å²) >= 11 is 0. The number of carbonyl (C=O) groups excluding carboxylic acids is 1. The van der Waals surface area contributed by atoms with E-state index in [1.54, 1.807) is 0 Å². The van der Waals surface area contributed by atoms with E-state index in [9.17, 15) is 18.0 Å². The Balaban J connectivity index is 2.26. The highest BCUT2D eigenvalue weighted by molar-refractivity contribution is 5.95. The van der Waals surface area contributed by atoms with Crippen LogP contribution in [0.15, 0.2) is 12.3 Å². The van der Waals surface area contributed by atoms with Gasteiger partial charge in [-0.25, -0.2) is 9.97 Å². The number of anilines is 1. The summed E-state index contributed by atoms with van der Waals surface area (Å²) in [5.41, 5.74) is -2.81. The number of alkyl halides is 3. The van der Waals surface area contributed by atoms with Crippen LogP contribution in [-0.4, -0.2) is 35.3 Å². The second kappa shape index (κ2) is 6.07. The van der Waals surface area contributed by atoms with Gasteiger partial charge < -0.3 is 10.1 Å². The second-order valence-corrected chi connectivity index (χ2v) is 6.66. The largest absolute Gasteiger partial charge is 0.403 e. The highest BCUT2D eigenvalue weighted by Gasteiger charge is 2.60. The van der Waals surface area contributed by atoms with Gasteiger partial charge in [-0.15, -0.1) is 0 Å². The zero-order chi connectivity index (χ0) is 17.3. The van der Waals surface area contributed by atoms with Crippen molar-refractivity contribution in [3.05, 3.63) is 18.1 Å². The molecule has 1 aromatic heterocycles. The van der Waals surface area contributed by atoms with Crippen LogP contribution < -0.4 is 5.32 Å². The second-order valence-electron chi connectivity index (χ2n) is 6.66. The van der Waals surface area contributed by atoms with Gasteiger partial charge in [-0.3, -0.25) is 4.79 Å². The first-order valence-corrected chi connectivity index (χ1v) is 7.36. The van der Waals surface area contributed by atoms with Crippen LogP contribution in [-0.2, 0) is 14.9 Å². The molecular formula is C15H20F3N3O2. The normalized spacial score (nSPS) is 18.5. The quantitative estimate of drug-likeness (QED) is 0.904. The SMILES string of the molecule is CC(C)(C)c1nccc(NC(=O)C2(C(F)(F)F)CCOCC2)n1. The molecule has 1 saturated heterocycles. The van der Waals surface area contributed by atoms with Crippen LogP contribution in [0.3, 0.4) is 0 Å². The summed E-state index contributed by atoms with van der Waals surface area (Å²) in [7, 11) is 0. The molecule has 0 spiro atoms. The third kappa shape index (κ3) is 3.63. The van der Waals surface area contributed by atoms with Crippen LogP contribution in [0.1, 0.15) is 39.4 Å².